The van der Waals surface area contributed by atoms with Crippen molar-refractivity contribution in [3.8, 4) is 11.5 Å². The van der Waals surface area contributed by atoms with E-state index in [0.717, 1.165) is 27.5 Å². The van der Waals surface area contributed by atoms with Crippen molar-refractivity contribution >= 4 is 52.2 Å². The van der Waals surface area contributed by atoms with Crippen molar-refractivity contribution in [2.45, 2.75) is 36.1 Å². The molecule has 1 aromatic heterocycles. The summed E-state index contributed by atoms with van der Waals surface area (Å²) in [4.78, 5) is 46.0. The van der Waals surface area contributed by atoms with E-state index in [0.29, 0.717) is 28.8 Å². The normalized spacial score (nSPS) is 28.2. The minimum atomic E-state index is -0.396. The molecule has 0 radical (unpaired) electrons. The zero-order valence-corrected chi connectivity index (χ0v) is 26.4. The minimum Gasteiger partial charge on any atom is -0.497 e. The third-order valence-electron chi connectivity index (χ3n) is 9.88. The zero-order valence-electron chi connectivity index (χ0n) is 24.0. The number of carbonyl (C=O) groups excluding carboxylic acids is 2. The van der Waals surface area contributed by atoms with Gasteiger partial charge in [0.25, 0.3) is 0 Å². The van der Waals surface area contributed by atoms with E-state index in [1.807, 2.05) is 18.2 Å². The van der Waals surface area contributed by atoms with E-state index >= 15 is 0 Å². The molecule has 2 bridgehead atoms. The van der Waals surface area contributed by atoms with Crippen LogP contribution in [0.1, 0.15) is 33.9 Å². The van der Waals surface area contributed by atoms with Crippen LogP contribution in [0.2, 0.25) is 5.02 Å². The molecular formula is C34H29ClN2O5S2. The Bertz CT molecular complexity index is 1850. The van der Waals surface area contributed by atoms with Gasteiger partial charge in [0.15, 0.2) is 0 Å². The van der Waals surface area contributed by atoms with Crippen molar-refractivity contribution < 1.29 is 19.1 Å². The van der Waals surface area contributed by atoms with Crippen LogP contribution in [0.5, 0.6) is 11.5 Å². The number of aromatic amines is 1. The molecule has 4 aromatic rings. The number of anilines is 1. The van der Waals surface area contributed by atoms with Gasteiger partial charge in [-0.15, -0.1) is 11.8 Å². The Hall–Kier alpha value is -3.53. The lowest BCUT2D eigenvalue weighted by atomic mass is 9.68. The first kappa shape index (κ1) is 28.0. The lowest BCUT2D eigenvalue weighted by Gasteiger charge is -2.43. The molecule has 7 atom stereocenters. The van der Waals surface area contributed by atoms with Gasteiger partial charge in [0.2, 0.25) is 11.8 Å². The van der Waals surface area contributed by atoms with Gasteiger partial charge in [-0.05, 0) is 79.1 Å². The summed E-state index contributed by atoms with van der Waals surface area (Å²) in [6, 6.07) is 21.0. The molecule has 1 saturated heterocycles. The van der Waals surface area contributed by atoms with Gasteiger partial charge in [0.05, 0.1) is 29.7 Å². The van der Waals surface area contributed by atoms with Gasteiger partial charge in [-0.25, -0.2) is 0 Å². The molecule has 3 aromatic carbocycles. The van der Waals surface area contributed by atoms with Gasteiger partial charge < -0.3 is 14.5 Å². The highest BCUT2D eigenvalue weighted by molar-refractivity contribution is 8.00. The second kappa shape index (κ2) is 10.5. The van der Waals surface area contributed by atoms with Crippen LogP contribution in [-0.2, 0) is 16.2 Å². The topological polar surface area (TPSA) is 88.7 Å². The highest BCUT2D eigenvalue weighted by Gasteiger charge is 2.69. The standard InChI is InChI=1S/C34H29ClN2O5S2/c1-16-3-5-17(6-4-16)15-42-24-12-7-18(35)13-21(24)25-26-22-14-23(29(26)43-31-30(25)44-34(40)36-31)28-27(22)32(38)37(33(28)39)19-8-10-20(41-2)11-9-19/h3-13,22-23,25-29H,14-15H2,1-2H3,(H,36,40)/t22-,23-,25?,26?,27?,28?,29?/m1/s1. The summed E-state index contributed by atoms with van der Waals surface area (Å²) in [5.74, 6) is 0.221. The zero-order chi connectivity index (χ0) is 30.3. The Morgan fingerprint density at radius 3 is 2.41 bits per heavy atom. The lowest BCUT2D eigenvalue weighted by molar-refractivity contribution is -0.123. The number of hydrogen-bond donors (Lipinski definition) is 1. The number of carbonyl (C=O) groups is 2. The van der Waals surface area contributed by atoms with Crippen molar-refractivity contribution in [2.24, 2.45) is 29.6 Å². The van der Waals surface area contributed by atoms with Crippen molar-refractivity contribution in [1.29, 1.82) is 0 Å². The van der Waals surface area contributed by atoms with E-state index < -0.39 is 5.92 Å². The molecule has 5 unspecified atom stereocenters. The summed E-state index contributed by atoms with van der Waals surface area (Å²) < 4.78 is 11.7. The smallest absolute Gasteiger partial charge is 0.305 e. The number of aromatic nitrogens is 1. The maximum Gasteiger partial charge on any atom is 0.305 e. The summed E-state index contributed by atoms with van der Waals surface area (Å²) in [7, 11) is 1.59. The Kier molecular flexibility index (Phi) is 6.70. The molecule has 3 fully saturated rings. The fourth-order valence-electron chi connectivity index (χ4n) is 8.09. The number of methoxy groups -OCH3 is 1. The number of thioether (sulfide) groups is 1. The van der Waals surface area contributed by atoms with Gasteiger partial charge >= 0.3 is 4.87 Å². The summed E-state index contributed by atoms with van der Waals surface area (Å²) >= 11 is 9.51. The van der Waals surface area contributed by atoms with Crippen molar-refractivity contribution in [2.75, 3.05) is 12.0 Å². The van der Waals surface area contributed by atoms with E-state index in [1.54, 1.807) is 43.1 Å². The Balaban J connectivity index is 1.18. The molecule has 3 heterocycles. The second-order valence-electron chi connectivity index (χ2n) is 12.1. The highest BCUT2D eigenvalue weighted by atomic mass is 35.5. The van der Waals surface area contributed by atoms with Crippen LogP contribution < -0.4 is 19.2 Å². The largest absolute Gasteiger partial charge is 0.497 e. The van der Waals surface area contributed by atoms with E-state index in [9.17, 15) is 14.4 Å². The van der Waals surface area contributed by atoms with Crippen molar-refractivity contribution in [3.05, 3.63) is 103 Å². The van der Waals surface area contributed by atoms with Gasteiger partial charge in [0, 0.05) is 26.6 Å². The molecular weight excluding hydrogens is 616 g/mol. The van der Waals surface area contributed by atoms with E-state index in [4.69, 9.17) is 21.1 Å². The number of hydrogen-bond acceptors (Lipinski definition) is 7. The number of benzene rings is 3. The Morgan fingerprint density at radius 2 is 1.68 bits per heavy atom. The Labute approximate surface area is 267 Å². The first-order valence-corrected chi connectivity index (χ1v) is 16.8. The number of nitrogens with zero attached hydrogens (tertiary/aromatic N) is 1. The number of thiazole rings is 1. The fraction of sp³-hybridized carbons (Fsp3) is 0.324. The lowest BCUT2D eigenvalue weighted by Crippen LogP contribution is -2.42. The number of aryl methyl sites for hydroxylation is 1. The number of fused-ring (bicyclic) bond motifs is 9. The molecule has 0 spiro atoms. The van der Waals surface area contributed by atoms with Gasteiger partial charge in [-0.2, -0.15) is 0 Å². The van der Waals surface area contributed by atoms with Crippen LogP contribution in [0.3, 0.4) is 0 Å². The summed E-state index contributed by atoms with van der Waals surface area (Å²) in [6.07, 6.45) is 0.807. The number of halogens is 1. The Morgan fingerprint density at radius 1 is 0.955 bits per heavy atom. The van der Waals surface area contributed by atoms with Crippen LogP contribution in [0.4, 0.5) is 5.69 Å². The first-order valence-electron chi connectivity index (χ1n) is 14.7. The number of H-pyrrole nitrogens is 1. The second-order valence-corrected chi connectivity index (χ2v) is 14.8. The minimum absolute atomic E-state index is 0.0125. The molecule has 2 saturated carbocycles. The molecule has 7 nitrogen and oxygen atoms in total. The molecule has 224 valence electrons. The molecule has 4 aliphatic rings. The first-order chi connectivity index (χ1) is 21.3. The van der Waals surface area contributed by atoms with Gasteiger partial charge in [-0.1, -0.05) is 52.8 Å². The predicted molar refractivity (Wildman–Crippen MR) is 171 cm³/mol. The molecule has 8 rings (SSSR count). The summed E-state index contributed by atoms with van der Waals surface area (Å²) in [5.41, 5.74) is 3.73. The van der Waals surface area contributed by atoms with E-state index in [-0.39, 0.29) is 51.5 Å². The SMILES string of the molecule is COc1ccc(N2C(=O)C3C(C2=O)[C@@H]2C[C@H]3C3Sc4[nH]c(=O)sc4C(c4cc(Cl)ccc4OCc4ccc(C)cc4)C32)cc1. The molecule has 44 heavy (non-hydrogen) atoms. The number of ether oxygens (including phenoxy) is 2. The van der Waals surface area contributed by atoms with Gasteiger partial charge in [-0.3, -0.25) is 19.3 Å². The fourth-order valence-corrected chi connectivity index (χ4v) is 11.2. The van der Waals surface area contributed by atoms with Crippen LogP contribution in [0.25, 0.3) is 0 Å². The maximum absolute atomic E-state index is 14.1. The number of nitrogens with one attached hydrogen (secondary N) is 1. The quantitative estimate of drug-likeness (QED) is 0.236. The third-order valence-corrected chi connectivity index (χ3v) is 12.7. The molecule has 2 aliphatic carbocycles. The summed E-state index contributed by atoms with van der Waals surface area (Å²) in [6.45, 7) is 2.44. The van der Waals surface area contributed by atoms with Crippen LogP contribution >= 0.6 is 34.7 Å². The third kappa shape index (κ3) is 4.27. The average molecular weight is 645 g/mol. The van der Waals surface area contributed by atoms with E-state index in [2.05, 4.69) is 36.2 Å². The maximum atomic E-state index is 14.1. The molecule has 2 amide bonds. The predicted octanol–water partition coefficient (Wildman–Crippen LogP) is 6.66. The van der Waals surface area contributed by atoms with Crippen molar-refractivity contribution in [3.63, 3.8) is 0 Å². The number of rotatable bonds is 6. The van der Waals surface area contributed by atoms with E-state index in [1.165, 1.54) is 21.8 Å². The van der Waals surface area contributed by atoms with Crippen molar-refractivity contribution in [1.82, 2.24) is 4.98 Å². The highest BCUT2D eigenvalue weighted by Crippen LogP contribution is 2.69. The van der Waals surface area contributed by atoms with Crippen LogP contribution in [0.15, 0.2) is 76.6 Å². The average Bonchev–Trinajstić information content (AvgIpc) is 3.76. The van der Waals surface area contributed by atoms with Crippen LogP contribution in [-0.4, -0.2) is 29.2 Å². The van der Waals surface area contributed by atoms with Gasteiger partial charge in [0.1, 0.15) is 18.1 Å². The molecule has 1 N–H and O–H groups in total. The van der Waals surface area contributed by atoms with Crippen LogP contribution in [0, 0.1) is 36.5 Å². The number of amides is 2. The molecule has 10 heteroatoms. The number of imide groups is 1. The molecule has 2 aliphatic heterocycles. The summed E-state index contributed by atoms with van der Waals surface area (Å²) in [5, 5.41) is 1.50. The monoisotopic (exact) mass is 644 g/mol.